The molecule has 0 aromatic carbocycles. The highest BCUT2D eigenvalue weighted by atomic mass is 16.5. The van der Waals surface area contributed by atoms with Crippen molar-refractivity contribution in [2.24, 2.45) is 0 Å². The van der Waals surface area contributed by atoms with Crippen LogP contribution in [0.2, 0.25) is 0 Å². The monoisotopic (exact) mass is 243 g/mol. The maximum atomic E-state index is 10.9. The Balaban J connectivity index is 2.25. The lowest BCUT2D eigenvalue weighted by Gasteiger charge is -2.35. The Kier molecular flexibility index (Phi) is 6.52. The second-order valence-corrected chi connectivity index (χ2v) is 4.89. The van der Waals surface area contributed by atoms with E-state index >= 15 is 0 Å². The lowest BCUT2D eigenvalue weighted by atomic mass is 10.1. The summed E-state index contributed by atoms with van der Waals surface area (Å²) in [5, 5.41) is 8.93. The van der Waals surface area contributed by atoms with Crippen LogP contribution in [0.25, 0.3) is 0 Å². The molecule has 0 aromatic heterocycles. The fraction of sp³-hybridized carbons (Fsp3) is 0.923. The zero-order valence-corrected chi connectivity index (χ0v) is 11.0. The summed E-state index contributed by atoms with van der Waals surface area (Å²) in [6.45, 7) is 6.33. The molecule has 0 saturated carbocycles. The molecule has 4 nitrogen and oxygen atoms in total. The van der Waals surface area contributed by atoms with Crippen molar-refractivity contribution in [3.8, 4) is 0 Å². The zero-order chi connectivity index (χ0) is 12.7. The van der Waals surface area contributed by atoms with E-state index in [-0.39, 0.29) is 0 Å². The summed E-state index contributed by atoms with van der Waals surface area (Å²) >= 11 is 0. The number of unbranched alkanes of at least 4 members (excludes halogenated alkanes) is 3. The van der Waals surface area contributed by atoms with E-state index in [9.17, 15) is 4.79 Å². The molecule has 1 N–H and O–H groups in total. The van der Waals surface area contributed by atoms with Gasteiger partial charge in [-0.3, -0.25) is 4.90 Å². The minimum atomic E-state index is -0.840. The topological polar surface area (TPSA) is 49.8 Å². The van der Waals surface area contributed by atoms with Crippen LogP contribution in [0.4, 0.5) is 0 Å². The largest absolute Gasteiger partial charge is 0.479 e. The van der Waals surface area contributed by atoms with Crippen LogP contribution in [-0.4, -0.2) is 47.8 Å². The molecule has 2 unspecified atom stereocenters. The van der Waals surface area contributed by atoms with E-state index in [1.165, 1.54) is 25.7 Å². The Bertz CT molecular complexity index is 233. The van der Waals surface area contributed by atoms with Crippen molar-refractivity contribution >= 4 is 5.97 Å². The molecule has 0 bridgehead atoms. The van der Waals surface area contributed by atoms with Crippen LogP contribution in [0.5, 0.6) is 0 Å². The quantitative estimate of drug-likeness (QED) is 0.696. The first-order chi connectivity index (χ1) is 8.15. The standard InChI is InChI=1S/C13H25NO3/c1-3-4-5-6-7-11(2)14-8-9-17-12(10-14)13(15)16/h11-12H,3-10H2,1-2H3,(H,15,16). The smallest absolute Gasteiger partial charge is 0.334 e. The predicted octanol–water partition coefficient (Wildman–Crippen LogP) is 2.13. The number of rotatable bonds is 7. The molecular formula is C13H25NO3. The van der Waals surface area contributed by atoms with Crippen LogP contribution in [0.15, 0.2) is 0 Å². The number of hydrogen-bond acceptors (Lipinski definition) is 3. The highest BCUT2D eigenvalue weighted by Gasteiger charge is 2.28. The fourth-order valence-electron chi connectivity index (χ4n) is 2.27. The molecule has 100 valence electrons. The van der Waals surface area contributed by atoms with Crippen LogP contribution in [0.3, 0.4) is 0 Å². The van der Waals surface area contributed by atoms with Crippen molar-refractivity contribution in [3.05, 3.63) is 0 Å². The fourth-order valence-corrected chi connectivity index (χ4v) is 2.27. The van der Waals surface area contributed by atoms with Crippen LogP contribution >= 0.6 is 0 Å². The van der Waals surface area contributed by atoms with E-state index in [1.807, 2.05) is 0 Å². The average molecular weight is 243 g/mol. The van der Waals surface area contributed by atoms with Gasteiger partial charge >= 0.3 is 5.97 Å². The van der Waals surface area contributed by atoms with Crippen LogP contribution in [0, 0.1) is 0 Å². The number of carbonyl (C=O) groups is 1. The summed E-state index contributed by atoms with van der Waals surface area (Å²) < 4.78 is 5.22. The summed E-state index contributed by atoms with van der Waals surface area (Å²) in [7, 11) is 0. The summed E-state index contributed by atoms with van der Waals surface area (Å²) in [5.41, 5.74) is 0. The molecule has 0 radical (unpaired) electrons. The predicted molar refractivity (Wildman–Crippen MR) is 67.2 cm³/mol. The van der Waals surface area contributed by atoms with E-state index < -0.39 is 12.1 Å². The number of carboxylic acid groups (broad SMARTS) is 1. The lowest BCUT2D eigenvalue weighted by Crippen LogP contribution is -2.49. The molecule has 0 spiro atoms. The van der Waals surface area contributed by atoms with E-state index in [2.05, 4.69) is 18.7 Å². The molecule has 4 heteroatoms. The van der Waals surface area contributed by atoms with Gasteiger partial charge in [-0.1, -0.05) is 32.6 Å². The average Bonchev–Trinajstić information content (AvgIpc) is 2.34. The first kappa shape index (κ1) is 14.5. The maximum Gasteiger partial charge on any atom is 0.334 e. The summed E-state index contributed by atoms with van der Waals surface area (Å²) in [5.74, 6) is -0.840. The summed E-state index contributed by atoms with van der Waals surface area (Å²) in [4.78, 5) is 13.1. The number of nitrogens with zero attached hydrogens (tertiary/aromatic N) is 1. The van der Waals surface area contributed by atoms with E-state index in [0.717, 1.165) is 13.0 Å². The molecule has 1 heterocycles. The van der Waals surface area contributed by atoms with Crippen molar-refractivity contribution in [1.29, 1.82) is 0 Å². The highest BCUT2D eigenvalue weighted by Crippen LogP contribution is 2.14. The Hall–Kier alpha value is -0.610. The van der Waals surface area contributed by atoms with Crippen LogP contribution in [0.1, 0.15) is 46.0 Å². The van der Waals surface area contributed by atoms with Gasteiger partial charge in [-0.2, -0.15) is 0 Å². The molecule has 1 rings (SSSR count). The number of ether oxygens (including phenoxy) is 1. The second kappa shape index (κ2) is 7.67. The molecule has 1 aliphatic rings. The van der Waals surface area contributed by atoms with E-state index in [4.69, 9.17) is 9.84 Å². The number of carboxylic acids is 1. The summed E-state index contributed by atoms with van der Waals surface area (Å²) in [6, 6.07) is 0.470. The second-order valence-electron chi connectivity index (χ2n) is 4.89. The molecule has 1 fully saturated rings. The van der Waals surface area contributed by atoms with E-state index in [0.29, 0.717) is 19.2 Å². The SMILES string of the molecule is CCCCCCC(C)N1CCOC(C(=O)O)C1. The van der Waals surface area contributed by atoms with Crippen molar-refractivity contribution in [2.75, 3.05) is 19.7 Å². The van der Waals surface area contributed by atoms with Crippen molar-refractivity contribution < 1.29 is 14.6 Å². The van der Waals surface area contributed by atoms with Gasteiger partial charge in [0.2, 0.25) is 0 Å². The third-order valence-electron chi connectivity index (χ3n) is 3.47. The summed E-state index contributed by atoms with van der Waals surface area (Å²) in [6.07, 6.45) is 5.60. The Morgan fingerprint density at radius 2 is 2.24 bits per heavy atom. The van der Waals surface area contributed by atoms with Gasteiger partial charge in [-0.05, 0) is 13.3 Å². The minimum absolute atomic E-state index is 0.470. The van der Waals surface area contributed by atoms with Crippen molar-refractivity contribution in [3.63, 3.8) is 0 Å². The molecule has 0 aromatic rings. The van der Waals surface area contributed by atoms with Gasteiger partial charge in [0.05, 0.1) is 6.61 Å². The highest BCUT2D eigenvalue weighted by molar-refractivity contribution is 5.72. The lowest BCUT2D eigenvalue weighted by molar-refractivity contribution is -0.157. The van der Waals surface area contributed by atoms with Gasteiger partial charge in [-0.25, -0.2) is 4.79 Å². The van der Waals surface area contributed by atoms with Gasteiger partial charge in [0.1, 0.15) is 0 Å². The third-order valence-corrected chi connectivity index (χ3v) is 3.47. The number of morpholine rings is 1. The Morgan fingerprint density at radius 1 is 1.47 bits per heavy atom. The van der Waals surface area contributed by atoms with Crippen LogP contribution in [-0.2, 0) is 9.53 Å². The normalized spacial score (nSPS) is 23.5. The van der Waals surface area contributed by atoms with Gasteiger partial charge < -0.3 is 9.84 Å². The molecule has 1 saturated heterocycles. The molecule has 2 atom stereocenters. The van der Waals surface area contributed by atoms with Gasteiger partial charge in [0.25, 0.3) is 0 Å². The van der Waals surface area contributed by atoms with Gasteiger partial charge in [0, 0.05) is 19.1 Å². The zero-order valence-electron chi connectivity index (χ0n) is 11.0. The molecule has 17 heavy (non-hydrogen) atoms. The Labute approximate surface area is 104 Å². The molecule has 0 amide bonds. The van der Waals surface area contributed by atoms with Gasteiger partial charge in [-0.15, -0.1) is 0 Å². The molecule has 1 aliphatic heterocycles. The van der Waals surface area contributed by atoms with Crippen molar-refractivity contribution in [1.82, 2.24) is 4.90 Å². The van der Waals surface area contributed by atoms with Gasteiger partial charge in [0.15, 0.2) is 6.10 Å². The molecule has 0 aliphatic carbocycles. The first-order valence-electron chi connectivity index (χ1n) is 6.73. The first-order valence-corrected chi connectivity index (χ1v) is 6.73. The number of hydrogen-bond donors (Lipinski definition) is 1. The maximum absolute atomic E-state index is 10.9. The third kappa shape index (κ3) is 5.04. The van der Waals surface area contributed by atoms with Crippen molar-refractivity contribution in [2.45, 2.75) is 58.1 Å². The minimum Gasteiger partial charge on any atom is -0.479 e. The molecular weight excluding hydrogens is 218 g/mol. The van der Waals surface area contributed by atoms with Crippen LogP contribution < -0.4 is 0 Å². The number of aliphatic carboxylic acids is 1. The Morgan fingerprint density at radius 3 is 2.88 bits per heavy atom. The van der Waals surface area contributed by atoms with E-state index in [1.54, 1.807) is 0 Å².